The fraction of sp³-hybridized carbons (Fsp3) is 0.269. The van der Waals surface area contributed by atoms with E-state index in [2.05, 4.69) is 72.8 Å². The number of nitrogens with zero attached hydrogens (tertiary/aromatic N) is 6. The Morgan fingerprint density at radius 3 is 1.91 bits per heavy atom. The number of pyridine rings is 1. The fourth-order valence-corrected chi connectivity index (χ4v) is 5.95. The minimum absolute atomic E-state index is 0.230. The highest BCUT2D eigenvalue weighted by Gasteiger charge is 2.45. The van der Waals surface area contributed by atoms with Crippen molar-refractivity contribution < 1.29 is 0 Å². The molecule has 0 saturated heterocycles. The average molecular weight is 487 g/mol. The SMILES string of the molecule is c1ccc(C2(CCN(Cc3cccn3-c3nccs3)Cc3cccn3-c3nccs3)CC2)nc1. The number of thiazole rings is 2. The van der Waals surface area contributed by atoms with Crippen molar-refractivity contribution in [3.8, 4) is 10.3 Å². The topological polar surface area (TPSA) is 51.8 Å². The normalized spacial score (nSPS) is 14.6. The molecule has 0 aromatic carbocycles. The molecule has 0 bridgehead atoms. The predicted molar refractivity (Wildman–Crippen MR) is 137 cm³/mol. The van der Waals surface area contributed by atoms with E-state index < -0.39 is 0 Å². The zero-order valence-electron chi connectivity index (χ0n) is 18.8. The average Bonchev–Trinajstić information content (AvgIpc) is 3.44. The quantitative estimate of drug-likeness (QED) is 0.254. The van der Waals surface area contributed by atoms with Gasteiger partial charge in [0.1, 0.15) is 0 Å². The van der Waals surface area contributed by atoms with Crippen molar-refractivity contribution in [2.45, 2.75) is 37.8 Å². The lowest BCUT2D eigenvalue weighted by atomic mass is 9.97. The number of aromatic nitrogens is 5. The summed E-state index contributed by atoms with van der Waals surface area (Å²) in [6.07, 6.45) is 13.4. The highest BCUT2D eigenvalue weighted by molar-refractivity contribution is 7.12. The first-order valence-corrected chi connectivity index (χ1v) is 13.3. The lowest BCUT2D eigenvalue weighted by molar-refractivity contribution is 0.234. The van der Waals surface area contributed by atoms with Gasteiger partial charge in [0.15, 0.2) is 10.3 Å². The molecule has 0 unspecified atom stereocenters. The van der Waals surface area contributed by atoms with Crippen molar-refractivity contribution in [3.05, 3.63) is 101 Å². The smallest absolute Gasteiger partial charge is 0.193 e. The first-order chi connectivity index (χ1) is 16.8. The van der Waals surface area contributed by atoms with Crippen LogP contribution >= 0.6 is 22.7 Å². The molecule has 0 spiro atoms. The molecule has 6 rings (SSSR count). The van der Waals surface area contributed by atoms with Crippen LogP contribution in [0.15, 0.2) is 84.2 Å². The van der Waals surface area contributed by atoms with Crippen LogP contribution in [0.2, 0.25) is 0 Å². The molecule has 34 heavy (non-hydrogen) atoms. The van der Waals surface area contributed by atoms with E-state index in [9.17, 15) is 0 Å². The number of hydrogen-bond donors (Lipinski definition) is 0. The molecule has 0 atom stereocenters. The number of rotatable bonds is 10. The molecule has 172 valence electrons. The van der Waals surface area contributed by atoms with Gasteiger partial charge in [-0.2, -0.15) is 0 Å². The van der Waals surface area contributed by atoms with Crippen molar-refractivity contribution in [2.75, 3.05) is 6.54 Å². The second kappa shape index (κ2) is 9.29. The molecule has 0 N–H and O–H groups in total. The summed E-state index contributed by atoms with van der Waals surface area (Å²) < 4.78 is 4.42. The molecule has 1 aliphatic rings. The summed E-state index contributed by atoms with van der Waals surface area (Å²) in [7, 11) is 0. The van der Waals surface area contributed by atoms with Gasteiger partial charge >= 0.3 is 0 Å². The van der Waals surface area contributed by atoms with E-state index in [1.165, 1.54) is 29.9 Å². The highest BCUT2D eigenvalue weighted by Crippen LogP contribution is 2.50. The Bertz CT molecular complexity index is 1240. The van der Waals surface area contributed by atoms with Crippen LogP contribution in [0, 0.1) is 0 Å². The maximum absolute atomic E-state index is 4.70. The van der Waals surface area contributed by atoms with Crippen molar-refractivity contribution in [2.24, 2.45) is 0 Å². The maximum atomic E-state index is 4.70. The Kier molecular flexibility index (Phi) is 5.86. The van der Waals surface area contributed by atoms with E-state index in [1.54, 1.807) is 22.7 Å². The van der Waals surface area contributed by atoms with Crippen molar-refractivity contribution in [1.29, 1.82) is 0 Å². The standard InChI is InChI=1S/C26H26N6S2/c1-2-11-27-23(7-1)26(8-9-26)10-16-30(19-21-5-3-14-31(21)24-28-12-17-33-24)20-22-6-4-15-32(22)25-29-13-18-34-25/h1-7,11-15,17-18H,8-10,16,19-20H2. The van der Waals surface area contributed by atoms with Crippen LogP contribution in [-0.2, 0) is 18.5 Å². The molecule has 0 aliphatic heterocycles. The summed E-state index contributed by atoms with van der Waals surface area (Å²) in [5, 5.41) is 6.08. The summed E-state index contributed by atoms with van der Waals surface area (Å²) in [4.78, 5) is 16.3. The molecular weight excluding hydrogens is 460 g/mol. The Labute approximate surface area is 207 Å². The third-order valence-corrected chi connectivity index (χ3v) is 8.20. The minimum atomic E-state index is 0.230. The van der Waals surface area contributed by atoms with Gasteiger partial charge < -0.3 is 0 Å². The summed E-state index contributed by atoms with van der Waals surface area (Å²) in [5.74, 6) is 0. The van der Waals surface area contributed by atoms with Crippen LogP contribution in [0.5, 0.6) is 0 Å². The summed E-state index contributed by atoms with van der Waals surface area (Å²) >= 11 is 3.33. The van der Waals surface area contributed by atoms with Gasteiger partial charge in [0.2, 0.25) is 0 Å². The lowest BCUT2D eigenvalue weighted by Gasteiger charge is -2.26. The van der Waals surface area contributed by atoms with E-state index in [0.717, 1.165) is 36.3 Å². The van der Waals surface area contributed by atoms with E-state index in [-0.39, 0.29) is 5.41 Å². The van der Waals surface area contributed by atoms with E-state index in [4.69, 9.17) is 4.98 Å². The zero-order valence-corrected chi connectivity index (χ0v) is 20.5. The monoisotopic (exact) mass is 486 g/mol. The zero-order chi connectivity index (χ0) is 22.8. The number of hydrogen-bond acceptors (Lipinski definition) is 6. The molecule has 1 fully saturated rings. The third kappa shape index (κ3) is 4.36. The second-order valence-electron chi connectivity index (χ2n) is 8.82. The van der Waals surface area contributed by atoms with Gasteiger partial charge in [0, 0.05) is 77.3 Å². The molecule has 1 saturated carbocycles. The predicted octanol–water partition coefficient (Wildman–Crippen LogP) is 5.70. The summed E-state index contributed by atoms with van der Waals surface area (Å²) in [6, 6.07) is 15.0. The van der Waals surface area contributed by atoms with E-state index in [0.29, 0.717) is 0 Å². The second-order valence-corrected chi connectivity index (χ2v) is 10.6. The Morgan fingerprint density at radius 2 is 1.41 bits per heavy atom. The molecule has 8 heteroatoms. The van der Waals surface area contributed by atoms with Crippen molar-refractivity contribution >= 4 is 22.7 Å². The molecule has 5 aromatic heterocycles. The van der Waals surface area contributed by atoms with Crippen LogP contribution in [0.3, 0.4) is 0 Å². The third-order valence-electron chi connectivity index (χ3n) is 6.66. The molecule has 5 heterocycles. The van der Waals surface area contributed by atoms with Gasteiger partial charge in [-0.1, -0.05) is 6.07 Å². The van der Waals surface area contributed by atoms with Crippen molar-refractivity contribution in [3.63, 3.8) is 0 Å². The van der Waals surface area contributed by atoms with Crippen molar-refractivity contribution in [1.82, 2.24) is 29.0 Å². The molecular formula is C26H26N6S2. The van der Waals surface area contributed by atoms with Crippen LogP contribution in [0.25, 0.3) is 10.3 Å². The Morgan fingerprint density at radius 1 is 0.765 bits per heavy atom. The maximum Gasteiger partial charge on any atom is 0.193 e. The molecule has 5 aromatic rings. The van der Waals surface area contributed by atoms with Gasteiger partial charge in [-0.25, -0.2) is 9.97 Å². The fourth-order valence-electron chi connectivity index (χ4n) is 4.64. The van der Waals surface area contributed by atoms with Gasteiger partial charge in [-0.15, -0.1) is 22.7 Å². The Hall–Kier alpha value is -3.07. The van der Waals surface area contributed by atoms with Gasteiger partial charge in [-0.3, -0.25) is 19.0 Å². The molecule has 0 radical (unpaired) electrons. The minimum Gasteiger partial charge on any atom is -0.296 e. The van der Waals surface area contributed by atoms with E-state index in [1.807, 2.05) is 35.4 Å². The van der Waals surface area contributed by atoms with Gasteiger partial charge in [0.25, 0.3) is 0 Å². The molecule has 1 aliphatic carbocycles. The molecule has 6 nitrogen and oxygen atoms in total. The van der Waals surface area contributed by atoms with Gasteiger partial charge in [0.05, 0.1) is 0 Å². The van der Waals surface area contributed by atoms with Crippen LogP contribution in [-0.4, -0.2) is 35.5 Å². The van der Waals surface area contributed by atoms with Crippen LogP contribution in [0.4, 0.5) is 0 Å². The van der Waals surface area contributed by atoms with Crippen LogP contribution < -0.4 is 0 Å². The Balaban J connectivity index is 1.26. The first-order valence-electron chi connectivity index (χ1n) is 11.6. The van der Waals surface area contributed by atoms with Crippen LogP contribution in [0.1, 0.15) is 36.3 Å². The van der Waals surface area contributed by atoms with E-state index >= 15 is 0 Å². The highest BCUT2D eigenvalue weighted by atomic mass is 32.1. The lowest BCUT2D eigenvalue weighted by Crippen LogP contribution is -2.29. The van der Waals surface area contributed by atoms with Gasteiger partial charge in [-0.05, 0) is 62.2 Å². The summed E-state index contributed by atoms with van der Waals surface area (Å²) in [6.45, 7) is 2.71. The largest absolute Gasteiger partial charge is 0.296 e. The summed E-state index contributed by atoms with van der Waals surface area (Å²) in [5.41, 5.74) is 3.98. The first kappa shape index (κ1) is 21.5. The molecule has 0 amide bonds.